The summed E-state index contributed by atoms with van der Waals surface area (Å²) in [7, 11) is -0.902. The maximum atomic E-state index is 14.0. The van der Waals surface area contributed by atoms with Gasteiger partial charge in [0.15, 0.2) is 0 Å². The molecule has 0 radical (unpaired) electrons. The summed E-state index contributed by atoms with van der Waals surface area (Å²) in [4.78, 5) is 34.5. The number of fused-ring (bicyclic) bond motifs is 1. The summed E-state index contributed by atoms with van der Waals surface area (Å²) in [5, 5.41) is 36.5. The van der Waals surface area contributed by atoms with E-state index in [0.717, 1.165) is 76.8 Å². The molecule has 13 heteroatoms. The molecule has 56 heavy (non-hydrogen) atoms. The predicted molar refractivity (Wildman–Crippen MR) is 218 cm³/mol. The van der Waals surface area contributed by atoms with Gasteiger partial charge in [-0.2, -0.15) is 5.26 Å². The molecule has 2 aliphatic rings. The Morgan fingerprint density at radius 2 is 1.86 bits per heavy atom. The number of β-amino-alcohol motifs (C(OH)–C–C–N with tert-alkyl or cyclic N) is 1. The average Bonchev–Trinajstić information content (AvgIpc) is 3.90. The third-order valence-corrected chi connectivity index (χ3v) is 11.5. The first-order chi connectivity index (χ1) is 26.9. The van der Waals surface area contributed by atoms with Crippen LogP contribution in [0, 0.1) is 23.7 Å². The number of nitriles is 1. The van der Waals surface area contributed by atoms with Crippen molar-refractivity contribution in [3.63, 3.8) is 0 Å². The Morgan fingerprint density at radius 1 is 1.09 bits per heavy atom. The number of benzene rings is 3. The Morgan fingerprint density at radius 3 is 2.59 bits per heavy atom. The Bertz CT molecular complexity index is 2030. The smallest absolute Gasteiger partial charge is 0.457 e. The maximum absolute atomic E-state index is 14.0. The van der Waals surface area contributed by atoms with Crippen LogP contribution in [0.5, 0.6) is 11.5 Å². The summed E-state index contributed by atoms with van der Waals surface area (Å²) in [6.45, 7) is 9.49. The minimum Gasteiger partial charge on any atom is -0.457 e. The van der Waals surface area contributed by atoms with Gasteiger partial charge in [-0.1, -0.05) is 70.4 Å². The number of aryl methyl sites for hydroxylation is 2. The van der Waals surface area contributed by atoms with Crippen molar-refractivity contribution in [1.82, 2.24) is 20.5 Å². The second-order valence-electron chi connectivity index (χ2n) is 15.9. The number of likely N-dealkylation sites (tertiary alicyclic amines) is 1. The number of unbranched alkanes of at least 4 members (excludes halogenated alkanes) is 4. The molecule has 0 saturated carbocycles. The molecule has 4 aromatic rings. The molecule has 4 N–H and O–H groups in total. The minimum absolute atomic E-state index is 0.129. The lowest BCUT2D eigenvalue weighted by atomic mass is 9.80. The van der Waals surface area contributed by atoms with E-state index < -0.39 is 30.7 Å². The van der Waals surface area contributed by atoms with Crippen molar-refractivity contribution in [2.75, 3.05) is 13.1 Å². The molecule has 1 saturated heterocycles. The van der Waals surface area contributed by atoms with Crippen LogP contribution in [0.4, 0.5) is 0 Å². The lowest BCUT2D eigenvalue weighted by Crippen LogP contribution is -2.56. The second-order valence-corrected chi connectivity index (χ2v) is 16.8. The van der Waals surface area contributed by atoms with Gasteiger partial charge in [0.1, 0.15) is 17.5 Å². The van der Waals surface area contributed by atoms with Crippen LogP contribution in [-0.2, 0) is 33.8 Å². The van der Waals surface area contributed by atoms with Gasteiger partial charge in [-0.3, -0.25) is 9.59 Å². The molecule has 0 bridgehead atoms. The van der Waals surface area contributed by atoms with Crippen molar-refractivity contribution in [3.8, 4) is 28.0 Å². The highest BCUT2D eigenvalue weighted by atomic mass is 32.1. The first-order valence-electron chi connectivity index (χ1n) is 19.5. The highest BCUT2D eigenvalue weighted by Crippen LogP contribution is 2.31. The number of rotatable bonds is 16. The summed E-state index contributed by atoms with van der Waals surface area (Å²) in [6, 6.07) is 20.0. The molecule has 2 aliphatic heterocycles. The van der Waals surface area contributed by atoms with E-state index in [0.29, 0.717) is 36.8 Å². The number of aliphatic hydroxyl groups is 1. The van der Waals surface area contributed by atoms with Crippen LogP contribution in [0.2, 0.25) is 0 Å². The van der Waals surface area contributed by atoms with Gasteiger partial charge in [-0.15, -0.1) is 11.3 Å². The SMILES string of the molecule is Cc1ncsc1-c1ccc(CNC(=O)[C@@H]2C[C@@H](O)CN2C(=O)[C@@H](NCCCCCCCc2cc(C#N)ccc2Oc2ccc3c(c2)COB3O)C(C)(C)C)cc1. The van der Waals surface area contributed by atoms with E-state index in [1.54, 1.807) is 22.3 Å². The number of ether oxygens (including phenoxy) is 1. The van der Waals surface area contributed by atoms with E-state index in [-0.39, 0.29) is 24.8 Å². The minimum atomic E-state index is -0.902. The number of nitrogens with zero attached hydrogens (tertiary/aromatic N) is 3. The van der Waals surface area contributed by atoms with Crippen molar-refractivity contribution in [1.29, 1.82) is 5.26 Å². The zero-order chi connectivity index (χ0) is 39.8. The van der Waals surface area contributed by atoms with E-state index in [4.69, 9.17) is 9.39 Å². The normalized spacial score (nSPS) is 17.1. The van der Waals surface area contributed by atoms with E-state index >= 15 is 0 Å². The van der Waals surface area contributed by atoms with Gasteiger partial charge < -0.3 is 35.1 Å². The van der Waals surface area contributed by atoms with Crippen LogP contribution >= 0.6 is 11.3 Å². The molecular weight excluding hydrogens is 725 g/mol. The molecule has 3 aromatic carbocycles. The monoisotopic (exact) mass is 777 g/mol. The molecule has 0 unspecified atom stereocenters. The number of carbonyl (C=O) groups excluding carboxylic acids is 2. The number of thiazole rings is 1. The molecular formula is C43H52BN5O6S. The summed E-state index contributed by atoms with van der Waals surface area (Å²) < 4.78 is 11.5. The Kier molecular flexibility index (Phi) is 13.6. The van der Waals surface area contributed by atoms with Gasteiger partial charge in [-0.25, -0.2) is 4.98 Å². The van der Waals surface area contributed by atoms with Crippen LogP contribution in [-0.4, -0.2) is 70.2 Å². The third kappa shape index (κ3) is 10.2. The Labute approximate surface area is 334 Å². The molecule has 0 aliphatic carbocycles. The van der Waals surface area contributed by atoms with Crippen molar-refractivity contribution in [3.05, 3.63) is 94.1 Å². The van der Waals surface area contributed by atoms with Crippen LogP contribution < -0.4 is 20.8 Å². The summed E-state index contributed by atoms with van der Waals surface area (Å²) in [5.41, 5.74) is 7.67. The number of aromatic nitrogens is 1. The van der Waals surface area contributed by atoms with E-state index in [1.165, 1.54) is 0 Å². The van der Waals surface area contributed by atoms with Crippen molar-refractivity contribution < 1.29 is 29.1 Å². The van der Waals surface area contributed by atoms with Crippen LogP contribution in [0.15, 0.2) is 66.2 Å². The molecule has 1 aromatic heterocycles. The maximum Gasteiger partial charge on any atom is 0.491 e. The Hall–Kier alpha value is -4.58. The van der Waals surface area contributed by atoms with Gasteiger partial charge in [0.2, 0.25) is 11.8 Å². The van der Waals surface area contributed by atoms with Crippen molar-refractivity contribution in [2.24, 2.45) is 5.41 Å². The number of amides is 2. The third-order valence-electron chi connectivity index (χ3n) is 10.6. The lowest BCUT2D eigenvalue weighted by Gasteiger charge is -2.35. The Balaban J connectivity index is 0.951. The topological polar surface area (TPSA) is 157 Å². The molecule has 0 spiro atoms. The number of hydrogen-bond donors (Lipinski definition) is 4. The molecule has 2 amide bonds. The van der Waals surface area contributed by atoms with Gasteiger partial charge >= 0.3 is 7.12 Å². The first-order valence-corrected chi connectivity index (χ1v) is 20.4. The fraction of sp³-hybridized carbons (Fsp3) is 0.442. The number of aliphatic hydroxyl groups excluding tert-OH is 1. The van der Waals surface area contributed by atoms with Gasteiger partial charge in [0.05, 0.1) is 46.5 Å². The molecule has 1 fully saturated rings. The van der Waals surface area contributed by atoms with Crippen molar-refractivity contribution in [2.45, 2.75) is 104 Å². The van der Waals surface area contributed by atoms with Crippen molar-refractivity contribution >= 4 is 35.7 Å². The first kappa shape index (κ1) is 41.1. The quantitative estimate of drug-likeness (QED) is 0.0819. The van der Waals surface area contributed by atoms with Crippen LogP contribution in [0.3, 0.4) is 0 Å². The van der Waals surface area contributed by atoms with Gasteiger partial charge in [-0.05, 0) is 96.2 Å². The number of nitrogens with one attached hydrogen (secondary N) is 2. The van der Waals surface area contributed by atoms with E-state index in [2.05, 4.69) is 21.7 Å². The molecule has 6 rings (SSSR count). The van der Waals surface area contributed by atoms with Gasteiger partial charge in [0.25, 0.3) is 0 Å². The largest absolute Gasteiger partial charge is 0.491 e. The lowest BCUT2D eigenvalue weighted by molar-refractivity contribution is -0.142. The predicted octanol–water partition coefficient (Wildman–Crippen LogP) is 5.78. The van der Waals surface area contributed by atoms with E-state index in [1.807, 2.05) is 87.8 Å². The summed E-state index contributed by atoms with van der Waals surface area (Å²) in [6.07, 6.45) is 5.06. The zero-order valence-electron chi connectivity index (χ0n) is 32.7. The average molecular weight is 778 g/mol. The molecule has 11 nitrogen and oxygen atoms in total. The fourth-order valence-corrected chi connectivity index (χ4v) is 8.27. The summed E-state index contributed by atoms with van der Waals surface area (Å²) in [5.74, 6) is 0.944. The van der Waals surface area contributed by atoms with E-state index in [9.17, 15) is 25.0 Å². The number of hydrogen-bond acceptors (Lipinski definition) is 10. The second kappa shape index (κ2) is 18.6. The van der Waals surface area contributed by atoms with Crippen LogP contribution in [0.25, 0.3) is 10.4 Å². The van der Waals surface area contributed by atoms with Gasteiger partial charge in [0, 0.05) is 19.5 Å². The molecule has 3 heterocycles. The fourth-order valence-electron chi connectivity index (χ4n) is 7.45. The van der Waals surface area contributed by atoms with Crippen LogP contribution in [0.1, 0.15) is 87.2 Å². The standard InChI is InChI=1S/C43H52BN5O6S/c1-28-39(56-27-48-28)31-14-11-29(12-15-31)24-47-41(51)37-22-34(50)25-49(37)42(52)40(43(2,3)4)46-19-9-7-5-6-8-10-32-20-30(23-45)13-18-38(32)55-35-16-17-36-33(21-35)26-54-44(36)53/h11-18,20-21,27,34,37,40,46,50,53H,5-10,19,22,24-26H2,1-4H3,(H,47,51)/t34-,37+,40-/m1/s1. The highest BCUT2D eigenvalue weighted by Gasteiger charge is 2.43. The molecule has 294 valence electrons. The zero-order valence-corrected chi connectivity index (χ0v) is 33.5. The number of carbonyl (C=O) groups is 2. The highest BCUT2D eigenvalue weighted by molar-refractivity contribution is 7.13. The summed E-state index contributed by atoms with van der Waals surface area (Å²) >= 11 is 1.60. The molecule has 3 atom stereocenters.